The lowest BCUT2D eigenvalue weighted by atomic mass is 10.1. The van der Waals surface area contributed by atoms with Gasteiger partial charge in [0.2, 0.25) is 5.91 Å². The molecule has 0 radical (unpaired) electrons. The van der Waals surface area contributed by atoms with Crippen LogP contribution in [0.3, 0.4) is 0 Å². The van der Waals surface area contributed by atoms with Crippen molar-refractivity contribution in [3.8, 4) is 5.75 Å². The highest BCUT2D eigenvalue weighted by atomic mass is 16.3. The van der Waals surface area contributed by atoms with Crippen LogP contribution >= 0.6 is 0 Å². The molecule has 4 nitrogen and oxygen atoms in total. The molecule has 0 aromatic heterocycles. The molecule has 1 aromatic carbocycles. The first-order chi connectivity index (χ1) is 8.02. The summed E-state index contributed by atoms with van der Waals surface area (Å²) in [5.41, 5.74) is 2.43. The molecular weight excluding hydrogens is 216 g/mol. The Bertz CT molecular complexity index is 483. The van der Waals surface area contributed by atoms with Crippen LogP contribution in [0.15, 0.2) is 17.1 Å². The van der Waals surface area contributed by atoms with Crippen molar-refractivity contribution in [2.75, 3.05) is 0 Å². The molecule has 90 valence electrons. The number of amides is 1. The molecule has 1 amide bonds. The summed E-state index contributed by atoms with van der Waals surface area (Å²) in [7, 11) is 0. The first kappa shape index (κ1) is 11.6. The minimum absolute atomic E-state index is 0.0501. The number of hydrogen-bond donors (Lipinski definition) is 2. The average molecular weight is 232 g/mol. The van der Waals surface area contributed by atoms with Gasteiger partial charge in [-0.25, -0.2) is 0 Å². The summed E-state index contributed by atoms with van der Waals surface area (Å²) in [6.07, 6.45) is 0.700. The fraction of sp³-hybridized carbons (Fsp3) is 0.385. The van der Waals surface area contributed by atoms with Crippen molar-refractivity contribution in [1.82, 2.24) is 5.32 Å². The lowest BCUT2D eigenvalue weighted by Crippen LogP contribution is -2.28. The van der Waals surface area contributed by atoms with Gasteiger partial charge in [-0.15, -0.1) is 0 Å². The Balaban J connectivity index is 2.40. The van der Waals surface area contributed by atoms with Crippen LogP contribution in [0.4, 0.5) is 0 Å². The van der Waals surface area contributed by atoms with Gasteiger partial charge < -0.3 is 10.4 Å². The van der Waals surface area contributed by atoms with Gasteiger partial charge in [-0.1, -0.05) is 6.92 Å². The largest absolute Gasteiger partial charge is 0.507 e. The van der Waals surface area contributed by atoms with E-state index in [4.69, 9.17) is 0 Å². The molecule has 1 heterocycles. The molecule has 0 fully saturated rings. The molecule has 1 aliphatic rings. The van der Waals surface area contributed by atoms with Crippen molar-refractivity contribution in [3.63, 3.8) is 0 Å². The Labute approximate surface area is 100 Å². The summed E-state index contributed by atoms with van der Waals surface area (Å²) < 4.78 is 0. The number of nitrogens with zero attached hydrogens (tertiary/aromatic N) is 1. The Morgan fingerprint density at radius 2 is 1.94 bits per heavy atom. The number of rotatable bonds is 2. The lowest BCUT2D eigenvalue weighted by molar-refractivity contribution is -0.120. The average Bonchev–Trinajstić information content (AvgIpc) is 2.66. The summed E-state index contributed by atoms with van der Waals surface area (Å²) >= 11 is 0. The number of amidine groups is 1. The second kappa shape index (κ2) is 4.20. The predicted octanol–water partition coefficient (Wildman–Crippen LogP) is 1.66. The van der Waals surface area contributed by atoms with Gasteiger partial charge in [0.1, 0.15) is 17.6 Å². The van der Waals surface area contributed by atoms with E-state index in [1.807, 2.05) is 32.9 Å². The lowest BCUT2D eigenvalue weighted by Gasteiger charge is -2.07. The molecule has 2 N–H and O–H groups in total. The smallest absolute Gasteiger partial charge is 0.250 e. The minimum Gasteiger partial charge on any atom is -0.507 e. The van der Waals surface area contributed by atoms with Gasteiger partial charge in [-0.05, 0) is 43.5 Å². The molecule has 0 saturated heterocycles. The van der Waals surface area contributed by atoms with Gasteiger partial charge >= 0.3 is 0 Å². The van der Waals surface area contributed by atoms with Crippen LogP contribution < -0.4 is 5.32 Å². The highest BCUT2D eigenvalue weighted by molar-refractivity contribution is 6.13. The second-order valence-corrected chi connectivity index (χ2v) is 4.35. The number of carbonyl (C=O) groups is 1. The van der Waals surface area contributed by atoms with Gasteiger partial charge in [0.25, 0.3) is 0 Å². The van der Waals surface area contributed by atoms with E-state index in [2.05, 4.69) is 10.3 Å². The number of aryl methyl sites for hydroxylation is 2. The number of phenols is 1. The van der Waals surface area contributed by atoms with Gasteiger partial charge in [-0.3, -0.25) is 9.79 Å². The quantitative estimate of drug-likeness (QED) is 0.814. The molecule has 0 saturated carbocycles. The molecule has 0 spiro atoms. The third-order valence-electron chi connectivity index (χ3n) is 2.98. The predicted molar refractivity (Wildman–Crippen MR) is 66.3 cm³/mol. The van der Waals surface area contributed by atoms with Crippen molar-refractivity contribution in [2.45, 2.75) is 33.2 Å². The van der Waals surface area contributed by atoms with Gasteiger partial charge in [-0.2, -0.15) is 0 Å². The summed E-state index contributed by atoms with van der Waals surface area (Å²) in [6.45, 7) is 5.60. The van der Waals surface area contributed by atoms with E-state index in [-0.39, 0.29) is 11.9 Å². The third-order valence-corrected chi connectivity index (χ3v) is 2.98. The van der Waals surface area contributed by atoms with Crippen molar-refractivity contribution in [2.24, 2.45) is 4.99 Å². The number of carbonyl (C=O) groups excluding carboxylic acids is 1. The topological polar surface area (TPSA) is 61.7 Å². The van der Waals surface area contributed by atoms with Gasteiger partial charge in [0.05, 0.1) is 0 Å². The van der Waals surface area contributed by atoms with E-state index in [0.29, 0.717) is 18.0 Å². The monoisotopic (exact) mass is 232 g/mol. The van der Waals surface area contributed by atoms with E-state index in [0.717, 1.165) is 16.7 Å². The van der Waals surface area contributed by atoms with Crippen LogP contribution in [0.25, 0.3) is 0 Å². The molecule has 2 rings (SSSR count). The van der Waals surface area contributed by atoms with Crippen LogP contribution in [-0.2, 0) is 4.79 Å². The zero-order valence-corrected chi connectivity index (χ0v) is 10.2. The van der Waals surface area contributed by atoms with Crippen LogP contribution in [0, 0.1) is 13.8 Å². The standard InChI is InChI=1S/C13H16N2O2/c1-4-10-13(17)15-12(14-10)9-5-7(2)11(16)8(3)6-9/h5-6,10,16H,4H2,1-3H3,(H,14,15,17). The zero-order valence-electron chi connectivity index (χ0n) is 10.2. The fourth-order valence-electron chi connectivity index (χ4n) is 1.96. The summed E-state index contributed by atoms with van der Waals surface area (Å²) in [5, 5.41) is 12.5. The maximum Gasteiger partial charge on any atom is 0.250 e. The molecular formula is C13H16N2O2. The molecule has 1 aliphatic heterocycles. The molecule has 0 bridgehead atoms. The Kier molecular flexibility index (Phi) is 2.88. The number of aromatic hydroxyl groups is 1. The fourth-order valence-corrected chi connectivity index (χ4v) is 1.96. The normalized spacial score (nSPS) is 19.1. The van der Waals surface area contributed by atoms with Crippen molar-refractivity contribution in [3.05, 3.63) is 28.8 Å². The van der Waals surface area contributed by atoms with Crippen LogP contribution in [-0.4, -0.2) is 22.9 Å². The molecule has 4 heteroatoms. The van der Waals surface area contributed by atoms with E-state index < -0.39 is 0 Å². The van der Waals surface area contributed by atoms with Crippen molar-refractivity contribution >= 4 is 11.7 Å². The third kappa shape index (κ3) is 2.02. The highest BCUT2D eigenvalue weighted by Gasteiger charge is 2.25. The Hall–Kier alpha value is -1.84. The summed E-state index contributed by atoms with van der Waals surface area (Å²) in [5.74, 6) is 0.852. The Morgan fingerprint density at radius 3 is 2.41 bits per heavy atom. The first-order valence-electron chi connectivity index (χ1n) is 5.72. The van der Waals surface area contributed by atoms with Crippen molar-refractivity contribution in [1.29, 1.82) is 0 Å². The van der Waals surface area contributed by atoms with Crippen LogP contribution in [0.2, 0.25) is 0 Å². The molecule has 1 unspecified atom stereocenters. The first-order valence-corrected chi connectivity index (χ1v) is 5.72. The number of phenolic OH excluding ortho intramolecular Hbond substituents is 1. The van der Waals surface area contributed by atoms with Crippen LogP contribution in [0.1, 0.15) is 30.0 Å². The number of nitrogens with one attached hydrogen (secondary N) is 1. The van der Waals surface area contributed by atoms with E-state index in [1.165, 1.54) is 0 Å². The van der Waals surface area contributed by atoms with E-state index in [1.54, 1.807) is 0 Å². The summed E-state index contributed by atoms with van der Waals surface area (Å²) in [4.78, 5) is 15.9. The van der Waals surface area contributed by atoms with Crippen molar-refractivity contribution < 1.29 is 9.90 Å². The SMILES string of the molecule is CCC1N=C(c2cc(C)c(O)c(C)c2)NC1=O. The minimum atomic E-state index is -0.278. The molecule has 1 atom stereocenters. The second-order valence-electron chi connectivity index (χ2n) is 4.35. The van der Waals surface area contributed by atoms with E-state index >= 15 is 0 Å². The zero-order chi connectivity index (χ0) is 12.6. The van der Waals surface area contributed by atoms with Crippen LogP contribution in [0.5, 0.6) is 5.75 Å². The molecule has 0 aliphatic carbocycles. The summed E-state index contributed by atoms with van der Waals surface area (Å²) in [6, 6.07) is 3.39. The molecule has 17 heavy (non-hydrogen) atoms. The Morgan fingerprint density at radius 1 is 1.35 bits per heavy atom. The number of aliphatic imine (C=N–C) groups is 1. The maximum absolute atomic E-state index is 11.6. The van der Waals surface area contributed by atoms with Gasteiger partial charge in [0.15, 0.2) is 0 Å². The molecule has 1 aromatic rings. The van der Waals surface area contributed by atoms with Gasteiger partial charge in [0, 0.05) is 5.56 Å². The number of benzene rings is 1. The number of hydrogen-bond acceptors (Lipinski definition) is 3. The maximum atomic E-state index is 11.6. The highest BCUT2D eigenvalue weighted by Crippen LogP contribution is 2.24. The van der Waals surface area contributed by atoms with E-state index in [9.17, 15) is 9.90 Å².